The number of aromatic nitrogens is 2. The summed E-state index contributed by atoms with van der Waals surface area (Å²) >= 11 is 6.04. The van der Waals surface area contributed by atoms with Gasteiger partial charge in [0.25, 0.3) is 0 Å². The molecule has 0 bridgehead atoms. The minimum atomic E-state index is -1.10. The van der Waals surface area contributed by atoms with Crippen molar-refractivity contribution in [3.63, 3.8) is 0 Å². The van der Waals surface area contributed by atoms with E-state index in [0.29, 0.717) is 10.7 Å². The Hall–Kier alpha value is -1.59. The topological polar surface area (TPSA) is 61.9 Å². The fourth-order valence-corrected chi connectivity index (χ4v) is 3.03. The number of aliphatic carboxylic acids is 1. The van der Waals surface area contributed by atoms with Crippen molar-refractivity contribution in [1.29, 1.82) is 0 Å². The first-order valence-corrected chi connectivity index (χ1v) is 7.20. The second-order valence-electron chi connectivity index (χ2n) is 5.26. The van der Waals surface area contributed by atoms with Gasteiger partial charge in [0, 0.05) is 31.4 Å². The highest BCUT2D eigenvalue weighted by molar-refractivity contribution is 6.30. The van der Waals surface area contributed by atoms with Gasteiger partial charge in [-0.05, 0) is 12.1 Å². The number of imidazole rings is 1. The third kappa shape index (κ3) is 2.64. The molecule has 3 heterocycles. The van der Waals surface area contributed by atoms with Gasteiger partial charge in [-0.15, -0.1) is 0 Å². The zero-order valence-corrected chi connectivity index (χ0v) is 11.8. The van der Waals surface area contributed by atoms with Crippen LogP contribution in [0.15, 0.2) is 18.3 Å². The molecule has 0 unspecified atom stereocenters. The first kappa shape index (κ1) is 13.4. The smallest absolute Gasteiger partial charge is 0.137 e. The van der Waals surface area contributed by atoms with Gasteiger partial charge >= 0.3 is 0 Å². The van der Waals surface area contributed by atoms with Crippen LogP contribution in [0.3, 0.4) is 0 Å². The van der Waals surface area contributed by atoms with Crippen molar-refractivity contribution in [2.24, 2.45) is 0 Å². The first-order valence-electron chi connectivity index (χ1n) is 6.82. The number of halogens is 1. The second kappa shape index (κ2) is 5.42. The van der Waals surface area contributed by atoms with E-state index < -0.39 is 5.97 Å². The Morgan fingerprint density at radius 2 is 2.15 bits per heavy atom. The number of nitrogens with one attached hydrogen (secondary N) is 1. The minimum Gasteiger partial charge on any atom is -0.550 e. The fourth-order valence-electron chi connectivity index (χ4n) is 2.87. The van der Waals surface area contributed by atoms with Gasteiger partial charge in [0.2, 0.25) is 0 Å². The molecule has 0 saturated carbocycles. The maximum absolute atomic E-state index is 10.9. The number of hydrogen-bond donors (Lipinski definition) is 1. The van der Waals surface area contributed by atoms with Gasteiger partial charge < -0.3 is 14.8 Å². The van der Waals surface area contributed by atoms with Gasteiger partial charge in [-0.3, -0.25) is 4.40 Å². The zero-order chi connectivity index (χ0) is 14.1. The number of carboxylic acid groups (broad SMARTS) is 1. The maximum atomic E-state index is 10.9. The number of fused-ring (bicyclic) bond motifs is 1. The van der Waals surface area contributed by atoms with Gasteiger partial charge in [0.1, 0.15) is 17.9 Å². The highest BCUT2D eigenvalue weighted by Gasteiger charge is 2.21. The molecule has 20 heavy (non-hydrogen) atoms. The quantitative estimate of drug-likeness (QED) is 0.823. The largest absolute Gasteiger partial charge is 0.550 e. The molecule has 0 aromatic carbocycles. The molecule has 1 fully saturated rings. The fraction of sp³-hybridized carbons (Fsp3) is 0.429. The predicted octanol–water partition coefficient (Wildman–Crippen LogP) is -0.541. The van der Waals surface area contributed by atoms with Gasteiger partial charge in [-0.25, -0.2) is 4.98 Å². The molecule has 1 aliphatic heterocycles. The molecule has 1 saturated heterocycles. The summed E-state index contributed by atoms with van der Waals surface area (Å²) < 4.78 is 1.91. The summed E-state index contributed by atoms with van der Waals surface area (Å²) in [5.41, 5.74) is 2.26. The van der Waals surface area contributed by atoms with Crippen LogP contribution in [-0.4, -0.2) is 28.4 Å². The average molecular weight is 294 g/mol. The van der Waals surface area contributed by atoms with Crippen molar-refractivity contribution in [3.05, 3.63) is 34.7 Å². The van der Waals surface area contributed by atoms with Crippen LogP contribution in [0.1, 0.15) is 24.2 Å². The standard InChI is InChI=1S/C14H16ClN3O2/c15-10-3-4-13-16-11(7-14(19)20)12(18(13)8-10)9-17-5-1-2-6-17/h3-4,8H,1-2,5-7,9H2,(H,19,20). The van der Waals surface area contributed by atoms with Crippen LogP contribution in [0.5, 0.6) is 0 Å². The molecule has 0 amide bonds. The van der Waals surface area contributed by atoms with E-state index in [4.69, 9.17) is 11.6 Å². The summed E-state index contributed by atoms with van der Waals surface area (Å²) in [4.78, 5) is 16.8. The predicted molar refractivity (Wildman–Crippen MR) is 72.5 cm³/mol. The Morgan fingerprint density at radius 1 is 1.40 bits per heavy atom. The van der Waals surface area contributed by atoms with Crippen molar-refractivity contribution >= 4 is 23.2 Å². The molecule has 0 spiro atoms. The molecule has 1 N–H and O–H groups in total. The van der Waals surface area contributed by atoms with Crippen LogP contribution < -0.4 is 10.0 Å². The molecule has 2 aromatic heterocycles. The van der Waals surface area contributed by atoms with Crippen molar-refractivity contribution in [2.75, 3.05) is 13.1 Å². The summed E-state index contributed by atoms with van der Waals surface area (Å²) in [7, 11) is 0. The third-order valence-corrected chi connectivity index (χ3v) is 4.03. The Morgan fingerprint density at radius 3 is 2.85 bits per heavy atom. The van der Waals surface area contributed by atoms with Crippen LogP contribution in [0.4, 0.5) is 0 Å². The highest BCUT2D eigenvalue weighted by Crippen LogP contribution is 2.17. The molecule has 0 radical (unpaired) electrons. The van der Waals surface area contributed by atoms with E-state index in [-0.39, 0.29) is 6.42 Å². The molecule has 0 atom stereocenters. The molecule has 2 aromatic rings. The lowest BCUT2D eigenvalue weighted by Gasteiger charge is -2.13. The second-order valence-corrected chi connectivity index (χ2v) is 5.70. The first-order chi connectivity index (χ1) is 9.63. The van der Waals surface area contributed by atoms with Crippen molar-refractivity contribution in [2.45, 2.75) is 25.8 Å². The Balaban J connectivity index is 2.03. The van der Waals surface area contributed by atoms with E-state index >= 15 is 0 Å². The van der Waals surface area contributed by atoms with Crippen LogP contribution >= 0.6 is 11.6 Å². The lowest BCUT2D eigenvalue weighted by atomic mass is 10.2. The van der Waals surface area contributed by atoms with Gasteiger partial charge in [0.05, 0.1) is 23.8 Å². The Bertz CT molecular complexity index is 647. The summed E-state index contributed by atoms with van der Waals surface area (Å²) in [5.74, 6) is -1.10. The van der Waals surface area contributed by atoms with Crippen molar-refractivity contribution in [1.82, 2.24) is 9.38 Å². The number of hydrogen-bond acceptors (Lipinski definition) is 3. The normalized spacial score (nSPS) is 16.1. The summed E-state index contributed by atoms with van der Waals surface area (Å²) in [6.45, 7) is 3.03. The monoisotopic (exact) mass is 293 g/mol. The van der Waals surface area contributed by atoms with Crippen LogP contribution in [0.25, 0.3) is 5.65 Å². The number of pyridine rings is 1. The van der Waals surface area contributed by atoms with Crippen LogP contribution in [0.2, 0.25) is 5.02 Å². The molecule has 0 aliphatic carbocycles. The van der Waals surface area contributed by atoms with E-state index in [0.717, 1.165) is 31.0 Å². The van der Waals surface area contributed by atoms with E-state index in [1.54, 1.807) is 12.3 Å². The van der Waals surface area contributed by atoms with E-state index in [1.165, 1.54) is 17.7 Å². The van der Waals surface area contributed by atoms with Gasteiger partial charge in [-0.1, -0.05) is 11.6 Å². The SMILES string of the molecule is O=C([O-])Cc1nc2ccc(Cl)cn2c1C[NH+]1CCCC1. The lowest BCUT2D eigenvalue weighted by Crippen LogP contribution is -3.08. The number of nitrogens with zero attached hydrogens (tertiary/aromatic N) is 2. The number of likely N-dealkylation sites (tertiary alicyclic amines) is 1. The van der Waals surface area contributed by atoms with E-state index in [1.807, 2.05) is 10.5 Å². The summed E-state index contributed by atoms with van der Waals surface area (Å²) in [6.07, 6.45) is 4.10. The molecule has 6 heteroatoms. The van der Waals surface area contributed by atoms with E-state index in [2.05, 4.69) is 4.98 Å². The molecule has 106 valence electrons. The number of rotatable bonds is 4. The zero-order valence-electron chi connectivity index (χ0n) is 11.1. The van der Waals surface area contributed by atoms with Gasteiger partial charge in [0.15, 0.2) is 0 Å². The summed E-state index contributed by atoms with van der Waals surface area (Å²) in [5, 5.41) is 11.5. The summed E-state index contributed by atoms with van der Waals surface area (Å²) in [6, 6.07) is 3.57. The third-order valence-electron chi connectivity index (χ3n) is 3.80. The number of carboxylic acids is 1. The molecular weight excluding hydrogens is 278 g/mol. The molecule has 1 aliphatic rings. The lowest BCUT2D eigenvalue weighted by molar-refractivity contribution is -0.901. The molecular formula is C14H16ClN3O2. The number of carbonyl (C=O) groups is 1. The Labute approximate surface area is 121 Å². The number of quaternary nitrogens is 1. The van der Waals surface area contributed by atoms with E-state index in [9.17, 15) is 9.90 Å². The molecule has 3 rings (SSSR count). The van der Waals surface area contributed by atoms with Crippen molar-refractivity contribution < 1.29 is 14.8 Å². The van der Waals surface area contributed by atoms with Gasteiger partial charge in [-0.2, -0.15) is 0 Å². The average Bonchev–Trinajstić information content (AvgIpc) is 2.99. The Kier molecular flexibility index (Phi) is 3.63. The number of carbonyl (C=O) groups excluding carboxylic acids is 1. The highest BCUT2D eigenvalue weighted by atomic mass is 35.5. The van der Waals surface area contributed by atoms with Crippen LogP contribution in [-0.2, 0) is 17.8 Å². The molecule has 5 nitrogen and oxygen atoms in total. The van der Waals surface area contributed by atoms with Crippen molar-refractivity contribution in [3.8, 4) is 0 Å². The minimum absolute atomic E-state index is 0.151. The maximum Gasteiger partial charge on any atom is 0.137 e. The van der Waals surface area contributed by atoms with Crippen LogP contribution in [0, 0.1) is 0 Å².